The lowest BCUT2D eigenvalue weighted by Crippen LogP contribution is -2.49. The number of pyridine rings is 1. The number of rotatable bonds is 8. The average molecular weight is 527 g/mol. The number of aliphatic hydroxyl groups excluding tert-OH is 1. The Kier molecular flexibility index (Phi) is 9.84. The van der Waals surface area contributed by atoms with E-state index in [9.17, 15) is 22.4 Å². The summed E-state index contributed by atoms with van der Waals surface area (Å²) >= 11 is 0.265. The lowest BCUT2D eigenvalue weighted by molar-refractivity contribution is -0.147. The van der Waals surface area contributed by atoms with E-state index in [0.29, 0.717) is 15.7 Å². The zero-order valence-corrected chi connectivity index (χ0v) is 20.2. The summed E-state index contributed by atoms with van der Waals surface area (Å²) in [6.07, 6.45) is -0.189. The highest BCUT2D eigenvalue weighted by Gasteiger charge is 2.46. The van der Waals surface area contributed by atoms with Crippen LogP contribution < -0.4 is 9.50 Å². The zero-order chi connectivity index (χ0) is 24.2. The maximum atomic E-state index is 14.9. The fourth-order valence-corrected chi connectivity index (χ4v) is 3.95. The number of hydrogen-bond acceptors (Lipinski definition) is 7. The molecule has 9 nitrogen and oxygen atoms in total. The molecule has 0 radical (unpaired) electrons. The number of carbonyl (C=O) groups is 1. The second-order valence-electron chi connectivity index (χ2n) is 7.48. The van der Waals surface area contributed by atoms with Gasteiger partial charge in [-0.15, -0.1) is 0 Å². The SMILES string of the molecule is CN(SOc1cn(C)nc1C(F)F)C(F)(F)C1CCN(C(=O)Nc2ccnc(CO)c2)CC1.S. The first-order valence-corrected chi connectivity index (χ1v) is 10.7. The van der Waals surface area contributed by atoms with Crippen LogP contribution in [-0.2, 0) is 13.7 Å². The van der Waals surface area contributed by atoms with E-state index in [0.717, 1.165) is 11.7 Å². The van der Waals surface area contributed by atoms with Crippen molar-refractivity contribution in [3.8, 4) is 5.75 Å². The molecule has 2 amide bonds. The molecule has 2 N–H and O–H groups in total. The van der Waals surface area contributed by atoms with Crippen molar-refractivity contribution in [2.24, 2.45) is 13.0 Å². The Labute approximate surface area is 205 Å². The van der Waals surface area contributed by atoms with Crippen molar-refractivity contribution in [3.05, 3.63) is 35.9 Å². The first kappa shape index (κ1) is 28.0. The Balaban J connectivity index is 0.00000408. The van der Waals surface area contributed by atoms with E-state index in [1.54, 1.807) is 6.07 Å². The third-order valence-electron chi connectivity index (χ3n) is 5.19. The van der Waals surface area contributed by atoms with Crippen LogP contribution in [0.3, 0.4) is 0 Å². The summed E-state index contributed by atoms with van der Waals surface area (Å²) in [5, 5.41) is 15.4. The Morgan fingerprint density at radius 3 is 2.71 bits per heavy atom. The van der Waals surface area contributed by atoms with Crippen molar-refractivity contribution < 1.29 is 31.6 Å². The Morgan fingerprint density at radius 2 is 2.09 bits per heavy atom. The van der Waals surface area contributed by atoms with Gasteiger partial charge in [-0.2, -0.15) is 31.7 Å². The highest BCUT2D eigenvalue weighted by molar-refractivity contribution is 7.92. The number of aryl methyl sites for hydroxylation is 1. The summed E-state index contributed by atoms with van der Waals surface area (Å²) in [6.45, 7) is -0.0489. The molecule has 1 aliphatic rings. The molecule has 0 unspecified atom stereocenters. The highest BCUT2D eigenvalue weighted by Crippen LogP contribution is 2.40. The third kappa shape index (κ3) is 6.67. The van der Waals surface area contributed by atoms with Crippen LogP contribution in [0.5, 0.6) is 5.75 Å². The fraction of sp³-hybridized carbons (Fsp3) is 0.526. The number of urea groups is 1. The molecule has 190 valence electrons. The van der Waals surface area contributed by atoms with Gasteiger partial charge in [0.2, 0.25) is 0 Å². The van der Waals surface area contributed by atoms with E-state index in [2.05, 4.69) is 15.4 Å². The van der Waals surface area contributed by atoms with Crippen molar-refractivity contribution >= 4 is 37.4 Å². The number of hydrogen-bond donors (Lipinski definition) is 2. The molecular weight excluding hydrogens is 500 g/mol. The van der Waals surface area contributed by atoms with E-state index < -0.39 is 30.1 Å². The Hall–Kier alpha value is -2.23. The summed E-state index contributed by atoms with van der Waals surface area (Å²) in [7, 11) is 2.54. The molecule has 0 bridgehead atoms. The molecule has 1 saturated heterocycles. The maximum Gasteiger partial charge on any atom is 0.321 e. The highest BCUT2D eigenvalue weighted by atomic mass is 32.2. The van der Waals surface area contributed by atoms with Gasteiger partial charge in [-0.1, -0.05) is 0 Å². The second-order valence-corrected chi connectivity index (χ2v) is 8.34. The van der Waals surface area contributed by atoms with E-state index >= 15 is 0 Å². The number of alkyl halides is 4. The smallest absolute Gasteiger partial charge is 0.321 e. The van der Waals surface area contributed by atoms with Crippen LogP contribution >= 0.6 is 25.7 Å². The summed E-state index contributed by atoms with van der Waals surface area (Å²) < 4.78 is 62.7. The first-order chi connectivity index (χ1) is 15.6. The van der Waals surface area contributed by atoms with Crippen molar-refractivity contribution in [1.29, 1.82) is 0 Å². The molecule has 0 aliphatic carbocycles. The van der Waals surface area contributed by atoms with Gasteiger partial charge in [0.15, 0.2) is 23.7 Å². The van der Waals surface area contributed by atoms with Gasteiger partial charge in [-0.3, -0.25) is 9.67 Å². The second kappa shape index (κ2) is 12.0. The number of nitrogens with zero attached hydrogens (tertiary/aromatic N) is 5. The van der Waals surface area contributed by atoms with Crippen LogP contribution in [0.4, 0.5) is 28.0 Å². The number of nitrogens with one attached hydrogen (secondary N) is 1. The molecular formula is C19H26F4N6O3S2. The average Bonchev–Trinajstić information content (AvgIpc) is 3.18. The van der Waals surface area contributed by atoms with Gasteiger partial charge in [-0.25, -0.2) is 13.6 Å². The van der Waals surface area contributed by atoms with E-state index in [4.69, 9.17) is 9.29 Å². The van der Waals surface area contributed by atoms with Gasteiger partial charge in [0, 0.05) is 45.0 Å². The number of amides is 2. The van der Waals surface area contributed by atoms with Crippen LogP contribution in [0, 0.1) is 5.92 Å². The minimum atomic E-state index is -3.30. The summed E-state index contributed by atoms with van der Waals surface area (Å²) in [4.78, 5) is 17.8. The Bertz CT molecular complexity index is 960. The summed E-state index contributed by atoms with van der Waals surface area (Å²) in [5.41, 5.74) is 0.209. The minimum absolute atomic E-state index is 0. The van der Waals surface area contributed by atoms with Crippen LogP contribution in [0.25, 0.3) is 0 Å². The molecule has 0 atom stereocenters. The van der Waals surface area contributed by atoms with E-state index in [1.165, 1.54) is 30.4 Å². The summed E-state index contributed by atoms with van der Waals surface area (Å²) in [6, 6.07) is -0.658. The van der Waals surface area contributed by atoms with Crippen LogP contribution in [0.2, 0.25) is 0 Å². The number of likely N-dealkylation sites (tertiary alicyclic amines) is 1. The van der Waals surface area contributed by atoms with Crippen LogP contribution in [0.1, 0.15) is 30.7 Å². The van der Waals surface area contributed by atoms with Gasteiger partial charge in [0.25, 0.3) is 6.43 Å². The van der Waals surface area contributed by atoms with Crippen molar-refractivity contribution in [2.45, 2.75) is 31.9 Å². The number of piperidine rings is 1. The molecule has 2 aromatic rings. The topological polar surface area (TPSA) is 95.8 Å². The number of aromatic nitrogens is 3. The van der Waals surface area contributed by atoms with Gasteiger partial charge in [-0.05, 0) is 25.0 Å². The number of anilines is 1. The lowest BCUT2D eigenvalue weighted by Gasteiger charge is -2.38. The van der Waals surface area contributed by atoms with Crippen molar-refractivity contribution in [2.75, 3.05) is 25.5 Å². The molecule has 3 heterocycles. The molecule has 2 aromatic heterocycles. The Morgan fingerprint density at radius 1 is 1.41 bits per heavy atom. The first-order valence-electron chi connectivity index (χ1n) is 10.0. The normalized spacial score (nSPS) is 14.9. The fourth-order valence-electron chi connectivity index (χ4n) is 3.38. The van der Waals surface area contributed by atoms with Gasteiger partial charge >= 0.3 is 12.1 Å². The maximum absolute atomic E-state index is 14.9. The van der Waals surface area contributed by atoms with Gasteiger partial charge < -0.3 is 19.5 Å². The monoisotopic (exact) mass is 526 g/mol. The quantitative estimate of drug-likeness (QED) is 0.234. The van der Waals surface area contributed by atoms with E-state index in [-0.39, 0.29) is 64.0 Å². The zero-order valence-electron chi connectivity index (χ0n) is 18.4. The molecule has 0 saturated carbocycles. The number of halogens is 4. The largest absolute Gasteiger partial charge is 0.405 e. The van der Waals surface area contributed by atoms with Gasteiger partial charge in [0.05, 0.1) is 18.5 Å². The minimum Gasteiger partial charge on any atom is -0.405 e. The molecule has 1 fully saturated rings. The summed E-state index contributed by atoms with van der Waals surface area (Å²) in [5.74, 6) is -1.35. The molecule has 34 heavy (non-hydrogen) atoms. The number of aliphatic hydroxyl groups is 1. The van der Waals surface area contributed by atoms with Gasteiger partial charge in [0.1, 0.15) is 0 Å². The predicted octanol–water partition coefficient (Wildman–Crippen LogP) is 3.77. The number of carbonyl (C=O) groups excluding carboxylic acids is 1. The van der Waals surface area contributed by atoms with Crippen LogP contribution in [0.15, 0.2) is 24.5 Å². The lowest BCUT2D eigenvalue weighted by atomic mass is 9.94. The molecule has 15 heteroatoms. The molecule has 3 rings (SSSR count). The molecule has 0 aromatic carbocycles. The third-order valence-corrected chi connectivity index (χ3v) is 5.91. The van der Waals surface area contributed by atoms with E-state index in [1.807, 2.05) is 0 Å². The van der Waals surface area contributed by atoms with Crippen molar-refractivity contribution in [3.63, 3.8) is 0 Å². The standard InChI is InChI=1S/C19H24F4N6O3S.H2S/c1-27-10-15(16(26-27)17(20)21)32-33-28(2)19(22,23)12-4-7-29(8-5-12)18(31)25-13-3-6-24-14(9-13)11-30;/h3,6,9-10,12,17,30H,4-5,7-8,11H2,1-2H3,(H,24,25,31);1H2. The predicted molar refractivity (Wildman–Crippen MR) is 123 cm³/mol. The molecule has 0 spiro atoms. The van der Waals surface area contributed by atoms with Crippen LogP contribution in [-0.4, -0.2) is 61.3 Å². The molecule has 1 aliphatic heterocycles. The van der Waals surface area contributed by atoms with Crippen molar-refractivity contribution in [1.82, 2.24) is 24.0 Å².